The number of amides is 4. The van der Waals surface area contributed by atoms with Crippen molar-refractivity contribution in [2.24, 2.45) is 0 Å². The average molecular weight is 1270 g/mol. The molecule has 0 aromatic heterocycles. The van der Waals surface area contributed by atoms with Crippen molar-refractivity contribution in [1.29, 1.82) is 0 Å². The maximum atomic E-state index is 13.0. The van der Waals surface area contributed by atoms with E-state index in [4.69, 9.17) is 18.9 Å². The molecule has 5 aromatic rings. The van der Waals surface area contributed by atoms with Gasteiger partial charge in [-0.3, -0.25) is 33.6 Å². The summed E-state index contributed by atoms with van der Waals surface area (Å²) >= 11 is 3.05. The van der Waals surface area contributed by atoms with Gasteiger partial charge in [0.15, 0.2) is 6.29 Å². The van der Waals surface area contributed by atoms with E-state index >= 15 is 0 Å². The standard InChI is InChI=1S/C64H78N4O19S2/c1-38(70)67-52-48(72)33-63(37-69,86-58(52)56(78)50(74)35-65-60(80)44-23-19-42(20-24-44)40-13-5-3-6-14-40)84-27-11-31-88-29-9-17-46-47(55(77)54(46)76)18-10-30-89-32-12-28-85-64(62(82)83)34-49(73)53(68-39(2)71)59(87-64)57(79)51(75)36-66-61(81)45-25-21-43(22-26-45)41-15-7-4-8-16-41/h3-8,13-16,19-26,37,48-53,56-59,72-75,78-79H,9-12,17-18,27-36H2,1-2H3,(H,65,80)(H,66,81)(H,67,70)(H,68,71)(H,82,83)/t48-,49-,50+,51+,52+,53+,56+,57+,58+,59+,63+,64+/m0/s1. The summed E-state index contributed by atoms with van der Waals surface area (Å²) in [4.78, 5) is 101. The average Bonchev–Trinajstić information content (AvgIpc) is 0.975. The van der Waals surface area contributed by atoms with Gasteiger partial charge in [0.05, 0.1) is 49.7 Å². The zero-order valence-electron chi connectivity index (χ0n) is 49.4. The number of aldehydes is 1. The fourth-order valence-corrected chi connectivity index (χ4v) is 12.5. The molecule has 89 heavy (non-hydrogen) atoms. The van der Waals surface area contributed by atoms with Gasteiger partial charge in [0, 0.05) is 62.0 Å². The largest absolute Gasteiger partial charge is 0.477 e. The molecule has 11 N–H and O–H groups in total. The number of ether oxygens (including phenoxy) is 4. The highest BCUT2D eigenvalue weighted by Gasteiger charge is 2.56. The van der Waals surface area contributed by atoms with Gasteiger partial charge in [-0.1, -0.05) is 84.9 Å². The number of benzene rings is 4. The summed E-state index contributed by atoms with van der Waals surface area (Å²) in [5.41, 5.74) is 4.21. The Morgan fingerprint density at radius 2 is 0.966 bits per heavy atom. The number of thioether (sulfide) groups is 2. The van der Waals surface area contributed by atoms with Crippen molar-refractivity contribution in [3.8, 4) is 22.3 Å². The van der Waals surface area contributed by atoms with Crippen LogP contribution in [-0.4, -0.2) is 193 Å². The lowest BCUT2D eigenvalue weighted by molar-refractivity contribution is -0.310. The minimum atomic E-state index is -2.48. The number of nitrogens with one attached hydrogen (secondary N) is 4. The Kier molecular flexibility index (Phi) is 26.2. The Balaban J connectivity index is 0.792. The molecule has 480 valence electrons. The van der Waals surface area contributed by atoms with Crippen LogP contribution in [0.15, 0.2) is 119 Å². The highest BCUT2D eigenvalue weighted by molar-refractivity contribution is 7.99. The SMILES string of the molecule is CC(=O)N[C@H]1[C@H]([C@H](O)[C@H](O)CNC(=O)c2ccc(-c3ccccc3)cc2)O[C@](C=O)(OCCCSCCCc2c(CCCSCCCO[C@]3(C(=O)O)C[C@H](O)[C@@H](NC(C)=O)[C@H]([C@H](O)[C@H](O)CNC(=O)c4ccc(-c5ccccc5)cc4)O3)c(=O)c2=O)C[C@@H]1O. The van der Waals surface area contributed by atoms with E-state index in [0.717, 1.165) is 29.2 Å². The molecule has 0 saturated carbocycles. The number of hydrogen-bond donors (Lipinski definition) is 11. The van der Waals surface area contributed by atoms with Crippen LogP contribution in [0.4, 0.5) is 0 Å². The van der Waals surface area contributed by atoms with Crippen molar-refractivity contribution in [3.05, 3.63) is 152 Å². The van der Waals surface area contributed by atoms with Gasteiger partial charge in [0.2, 0.25) is 28.5 Å². The molecule has 2 fully saturated rings. The molecule has 2 aliphatic rings. The number of aliphatic hydroxyl groups excluding tert-OH is 6. The van der Waals surface area contributed by atoms with Crippen LogP contribution in [0.3, 0.4) is 0 Å². The van der Waals surface area contributed by atoms with Crippen LogP contribution >= 0.6 is 23.5 Å². The summed E-state index contributed by atoms with van der Waals surface area (Å²) in [5, 5.41) is 87.4. The van der Waals surface area contributed by atoms with Gasteiger partial charge in [-0.05, 0) is 108 Å². The Hall–Kier alpha value is -6.72. The molecular weight excluding hydrogens is 1190 g/mol. The second-order valence-electron chi connectivity index (χ2n) is 22.0. The highest BCUT2D eigenvalue weighted by Crippen LogP contribution is 2.35. The lowest BCUT2D eigenvalue weighted by Crippen LogP contribution is -2.68. The molecule has 4 amide bonds. The fraction of sp³-hybridized carbons (Fsp3) is 0.469. The van der Waals surface area contributed by atoms with E-state index in [0.29, 0.717) is 84.5 Å². The quantitative estimate of drug-likeness (QED) is 0.0159. The van der Waals surface area contributed by atoms with Crippen molar-refractivity contribution >= 4 is 59.4 Å². The number of aliphatic carboxylic acids is 1. The van der Waals surface area contributed by atoms with Crippen LogP contribution in [0, 0.1) is 0 Å². The van der Waals surface area contributed by atoms with Crippen molar-refractivity contribution in [2.75, 3.05) is 49.3 Å². The Morgan fingerprint density at radius 3 is 1.38 bits per heavy atom. The zero-order valence-corrected chi connectivity index (χ0v) is 51.0. The van der Waals surface area contributed by atoms with Gasteiger partial charge >= 0.3 is 5.97 Å². The monoisotopic (exact) mass is 1270 g/mol. The number of carboxylic acids is 1. The number of carboxylic acid groups (broad SMARTS) is 1. The van der Waals surface area contributed by atoms with Gasteiger partial charge in [-0.25, -0.2) is 4.79 Å². The van der Waals surface area contributed by atoms with Crippen molar-refractivity contribution in [2.45, 2.75) is 138 Å². The minimum absolute atomic E-state index is 0.0145. The van der Waals surface area contributed by atoms with Crippen molar-refractivity contribution < 1.29 is 83.5 Å². The Labute approximate surface area is 523 Å². The molecule has 12 atom stereocenters. The first-order valence-electron chi connectivity index (χ1n) is 29.5. The third kappa shape index (κ3) is 18.9. The van der Waals surface area contributed by atoms with Gasteiger partial charge in [-0.2, -0.15) is 23.5 Å². The van der Waals surface area contributed by atoms with Crippen molar-refractivity contribution in [1.82, 2.24) is 21.3 Å². The molecule has 25 heteroatoms. The predicted octanol–water partition coefficient (Wildman–Crippen LogP) is 2.05. The number of carbonyl (C=O) groups is 6. The third-order valence-electron chi connectivity index (χ3n) is 15.4. The van der Waals surface area contributed by atoms with E-state index in [-0.39, 0.29) is 18.8 Å². The first-order valence-corrected chi connectivity index (χ1v) is 31.8. The summed E-state index contributed by atoms with van der Waals surface area (Å²) in [6.45, 7) is 1.22. The molecular formula is C64H78N4O19S2. The van der Waals surface area contributed by atoms with E-state index in [1.54, 1.807) is 60.3 Å². The predicted molar refractivity (Wildman–Crippen MR) is 332 cm³/mol. The molecule has 2 saturated heterocycles. The van der Waals surface area contributed by atoms with Crippen LogP contribution in [0.1, 0.15) is 84.2 Å². The van der Waals surface area contributed by atoms with Crippen molar-refractivity contribution in [3.63, 3.8) is 0 Å². The summed E-state index contributed by atoms with van der Waals surface area (Å²) < 4.78 is 23.5. The normalized spacial score (nSPS) is 23.1. The van der Waals surface area contributed by atoms with E-state index in [1.807, 2.05) is 60.7 Å². The van der Waals surface area contributed by atoms with E-state index in [2.05, 4.69) is 21.3 Å². The van der Waals surface area contributed by atoms with Gasteiger partial charge in [0.25, 0.3) is 17.6 Å². The number of rotatable bonds is 34. The van der Waals surface area contributed by atoms with E-state index in [1.165, 1.54) is 18.7 Å². The molecule has 2 heterocycles. The van der Waals surface area contributed by atoms with Crippen LogP contribution in [0.2, 0.25) is 0 Å². The molecule has 7 rings (SSSR count). The second-order valence-corrected chi connectivity index (χ2v) is 24.5. The van der Waals surface area contributed by atoms with E-state index in [9.17, 15) is 74.1 Å². The minimum Gasteiger partial charge on any atom is -0.477 e. The fourth-order valence-electron chi connectivity index (χ4n) is 10.7. The van der Waals surface area contributed by atoms with Gasteiger partial charge < -0.3 is 76.0 Å². The Bertz CT molecular complexity index is 3210. The molecule has 5 aromatic carbocycles. The smallest absolute Gasteiger partial charge is 0.364 e. The zero-order chi connectivity index (χ0) is 64.3. The highest BCUT2D eigenvalue weighted by atomic mass is 32.2. The summed E-state index contributed by atoms with van der Waals surface area (Å²) in [7, 11) is 0. The van der Waals surface area contributed by atoms with Gasteiger partial charge in [0.1, 0.15) is 24.4 Å². The second kappa shape index (κ2) is 33.4. The summed E-state index contributed by atoms with van der Waals surface area (Å²) in [5.74, 6) is -6.18. The first kappa shape index (κ1) is 69.7. The number of hydrogen-bond acceptors (Lipinski definition) is 20. The molecule has 0 radical (unpaired) electrons. The Morgan fingerprint density at radius 1 is 0.573 bits per heavy atom. The maximum Gasteiger partial charge on any atom is 0.364 e. The number of carbonyl (C=O) groups excluding carboxylic acids is 5. The number of aliphatic hydroxyl groups is 6. The molecule has 0 spiro atoms. The van der Waals surface area contributed by atoms with Crippen LogP contribution in [-0.2, 0) is 51.0 Å². The van der Waals surface area contributed by atoms with Crippen LogP contribution in [0.25, 0.3) is 22.3 Å². The summed E-state index contributed by atoms with van der Waals surface area (Å²) in [6, 6.07) is 30.0. The van der Waals surface area contributed by atoms with Crippen LogP contribution < -0.4 is 32.1 Å². The lowest BCUT2D eigenvalue weighted by Gasteiger charge is -2.46. The maximum absolute atomic E-state index is 13.0. The topological polar surface area (TPSA) is 363 Å². The first-order chi connectivity index (χ1) is 42.7. The van der Waals surface area contributed by atoms with Gasteiger partial charge in [-0.15, -0.1) is 0 Å². The summed E-state index contributed by atoms with van der Waals surface area (Å²) in [6.07, 6.45) is -11.4. The van der Waals surface area contributed by atoms with Crippen LogP contribution in [0.5, 0.6) is 0 Å². The molecule has 0 unspecified atom stereocenters. The third-order valence-corrected chi connectivity index (χ3v) is 17.7. The lowest BCUT2D eigenvalue weighted by atomic mass is 9.88. The molecule has 23 nitrogen and oxygen atoms in total. The molecule has 0 bridgehead atoms. The molecule has 2 aliphatic heterocycles. The molecule has 0 aliphatic carbocycles. The van der Waals surface area contributed by atoms with E-state index < -0.39 is 139 Å².